The predicted octanol–water partition coefficient (Wildman–Crippen LogP) is 9.85. The lowest BCUT2D eigenvalue weighted by atomic mass is 9.73. The van der Waals surface area contributed by atoms with Crippen molar-refractivity contribution in [2.45, 2.75) is 96.4 Å². The second-order valence-corrected chi connectivity index (χ2v) is 17.1. The maximum Gasteiger partial charge on any atom is 0.417 e. The molecule has 1 fully saturated rings. The van der Waals surface area contributed by atoms with Crippen LogP contribution in [0.5, 0.6) is 11.5 Å². The van der Waals surface area contributed by atoms with E-state index in [2.05, 4.69) is 4.90 Å². The van der Waals surface area contributed by atoms with E-state index < -0.39 is 35.0 Å². The van der Waals surface area contributed by atoms with Crippen molar-refractivity contribution >= 4 is 29.4 Å². The quantitative estimate of drug-likeness (QED) is 0.0883. The van der Waals surface area contributed by atoms with Gasteiger partial charge in [-0.3, -0.25) is 0 Å². The molecule has 3 aromatic carbocycles. The van der Waals surface area contributed by atoms with Gasteiger partial charge in [-0.1, -0.05) is 43.0 Å². The fourth-order valence-corrected chi connectivity index (χ4v) is 8.49. The fraction of sp³-hybridized carbons (Fsp3) is 0.477. The van der Waals surface area contributed by atoms with E-state index in [1.807, 2.05) is 89.4 Å². The van der Waals surface area contributed by atoms with Crippen LogP contribution >= 0.6 is 11.8 Å². The molecule has 3 atom stereocenters. The molecule has 1 aliphatic heterocycles. The Bertz CT molecular complexity index is 2040. The van der Waals surface area contributed by atoms with Crippen LogP contribution < -0.4 is 19.3 Å². The second kappa shape index (κ2) is 17.2. The highest BCUT2D eigenvalue weighted by Crippen LogP contribution is 2.48. The third-order valence-corrected chi connectivity index (χ3v) is 11.5. The van der Waals surface area contributed by atoms with Crippen LogP contribution in [-0.2, 0) is 36.8 Å². The Kier molecular flexibility index (Phi) is 12.7. The molecule has 2 heterocycles. The average Bonchev–Trinajstić information content (AvgIpc) is 3.17. The Balaban J connectivity index is 1.41. The number of amides is 1. The molecular formula is C44H53F4N5O4S. The van der Waals surface area contributed by atoms with Crippen LogP contribution in [0.25, 0.3) is 0 Å². The summed E-state index contributed by atoms with van der Waals surface area (Å²) in [4.78, 5) is 28.4. The number of alkyl halides is 3. The second-order valence-electron chi connectivity index (χ2n) is 16.3. The highest BCUT2D eigenvalue weighted by atomic mass is 32.2. The lowest BCUT2D eigenvalue weighted by molar-refractivity contribution is -0.139. The van der Waals surface area contributed by atoms with Crippen LogP contribution in [0.3, 0.4) is 0 Å². The van der Waals surface area contributed by atoms with Gasteiger partial charge in [0.15, 0.2) is 11.0 Å². The molecule has 4 aromatic rings. The van der Waals surface area contributed by atoms with Gasteiger partial charge >= 0.3 is 12.3 Å². The summed E-state index contributed by atoms with van der Waals surface area (Å²) < 4.78 is 79.5. The first-order valence-electron chi connectivity index (χ1n) is 19.5. The van der Waals surface area contributed by atoms with E-state index in [1.54, 1.807) is 24.0 Å². The summed E-state index contributed by atoms with van der Waals surface area (Å²) in [6.45, 7) is 12.6. The number of anilines is 2. The lowest BCUT2D eigenvalue weighted by Crippen LogP contribution is -2.55. The Hall–Kier alpha value is -4.72. The number of methoxy groups -OCH3 is 2. The van der Waals surface area contributed by atoms with E-state index in [4.69, 9.17) is 24.2 Å². The minimum Gasteiger partial charge on any atom is -0.497 e. The molecule has 312 valence electrons. The maximum absolute atomic E-state index is 17.6. The van der Waals surface area contributed by atoms with E-state index in [-0.39, 0.29) is 48.5 Å². The number of piperazine rings is 1. The molecule has 1 aliphatic carbocycles. The molecule has 14 heteroatoms. The highest BCUT2D eigenvalue weighted by Gasteiger charge is 2.44. The van der Waals surface area contributed by atoms with Crippen LogP contribution in [0.15, 0.2) is 59.8 Å². The molecule has 6 rings (SSSR count). The van der Waals surface area contributed by atoms with E-state index in [0.29, 0.717) is 54.2 Å². The number of carbonyl (C=O) groups is 1. The lowest BCUT2D eigenvalue weighted by Gasteiger charge is -2.42. The number of fused-ring (bicyclic) bond motifs is 1. The molecule has 0 bridgehead atoms. The molecule has 1 aromatic heterocycles. The summed E-state index contributed by atoms with van der Waals surface area (Å²) in [6, 6.07) is 15.9. The minimum absolute atomic E-state index is 0.0452. The Morgan fingerprint density at radius 2 is 1.50 bits per heavy atom. The summed E-state index contributed by atoms with van der Waals surface area (Å²) in [6.07, 6.45) is -2.88. The number of nitrogens with zero attached hydrogens (tertiary/aromatic N) is 5. The molecule has 1 saturated heterocycles. The SMILES string of the molecule is COc1ccc(CN(Cc2ccc(OC)cc2)c2cc(C)c(C(F)(F)F)c(C3Cc4nc(SC)nc(N5CCN(C(=O)OC(C)(C)C)C[C@@H]5C)c4CC3C)c2F)cc1. The van der Waals surface area contributed by atoms with Gasteiger partial charge < -0.3 is 28.9 Å². The van der Waals surface area contributed by atoms with Crippen LogP contribution in [0.4, 0.5) is 33.9 Å². The number of hydrogen-bond acceptors (Lipinski definition) is 9. The number of halogens is 4. The molecule has 9 nitrogen and oxygen atoms in total. The van der Waals surface area contributed by atoms with Crippen LogP contribution in [-0.4, -0.2) is 72.7 Å². The van der Waals surface area contributed by atoms with Gasteiger partial charge in [-0.25, -0.2) is 19.2 Å². The van der Waals surface area contributed by atoms with Crippen LogP contribution in [0, 0.1) is 18.7 Å². The molecule has 0 N–H and O–H groups in total. The van der Waals surface area contributed by atoms with Crippen molar-refractivity contribution in [3.8, 4) is 11.5 Å². The molecule has 0 saturated carbocycles. The summed E-state index contributed by atoms with van der Waals surface area (Å²) in [5.74, 6) is -0.0789. The maximum atomic E-state index is 17.6. The van der Waals surface area contributed by atoms with E-state index in [9.17, 15) is 4.79 Å². The monoisotopic (exact) mass is 823 g/mol. The number of ether oxygens (including phenoxy) is 3. The van der Waals surface area contributed by atoms with Crippen molar-refractivity contribution in [2.24, 2.45) is 5.92 Å². The van der Waals surface area contributed by atoms with E-state index >= 15 is 17.6 Å². The zero-order chi connectivity index (χ0) is 42.1. The van der Waals surface area contributed by atoms with Crippen LogP contribution in [0.1, 0.15) is 79.6 Å². The third kappa shape index (κ3) is 9.43. The standard InChI is InChI=1S/C44H53F4N5O4S/c1-26-20-34-35(49-41(58-9)50-40(34)53-19-18-51(23-28(53)3)42(54)57-43(4,5)6)22-33(26)37-38(44(46,47)48)27(2)21-36(39(37)45)52(24-29-10-14-31(55-7)15-11-29)25-30-12-16-32(56-8)17-13-30/h10-17,21,26,28,33H,18-20,22-25H2,1-9H3/t26?,28-,33?/m0/s1. The summed E-state index contributed by atoms with van der Waals surface area (Å²) >= 11 is 1.35. The summed E-state index contributed by atoms with van der Waals surface area (Å²) in [5, 5.41) is 0.482. The van der Waals surface area contributed by atoms with Gasteiger partial charge in [0.2, 0.25) is 0 Å². The highest BCUT2D eigenvalue weighted by molar-refractivity contribution is 7.98. The van der Waals surface area contributed by atoms with Crippen molar-refractivity contribution in [3.63, 3.8) is 0 Å². The molecule has 0 radical (unpaired) electrons. The molecule has 58 heavy (non-hydrogen) atoms. The average molecular weight is 824 g/mol. The first-order valence-corrected chi connectivity index (χ1v) is 20.7. The number of thioether (sulfide) groups is 1. The normalized spacial score (nSPS) is 18.5. The number of carbonyl (C=O) groups excluding carboxylic acids is 1. The zero-order valence-corrected chi connectivity index (χ0v) is 35.5. The number of aromatic nitrogens is 2. The van der Waals surface area contributed by atoms with Gasteiger partial charge in [0.05, 0.1) is 31.2 Å². The third-order valence-electron chi connectivity index (χ3n) is 10.9. The fourth-order valence-electron chi connectivity index (χ4n) is 8.11. The number of aryl methyl sites for hydroxylation is 1. The molecule has 2 unspecified atom stereocenters. The molecule has 1 amide bonds. The van der Waals surface area contributed by atoms with Crippen LogP contribution in [0.2, 0.25) is 0 Å². The van der Waals surface area contributed by atoms with Crippen molar-refractivity contribution in [2.75, 3.05) is 49.9 Å². The Labute approximate surface area is 343 Å². The van der Waals surface area contributed by atoms with Crippen molar-refractivity contribution < 1.29 is 36.6 Å². The largest absolute Gasteiger partial charge is 0.497 e. The van der Waals surface area contributed by atoms with Gasteiger partial charge in [-0.05, 0) is 113 Å². The minimum atomic E-state index is -4.81. The first-order chi connectivity index (χ1) is 27.4. The van der Waals surface area contributed by atoms with Crippen molar-refractivity contribution in [1.82, 2.24) is 14.9 Å². The van der Waals surface area contributed by atoms with Gasteiger partial charge in [-0.2, -0.15) is 13.2 Å². The van der Waals surface area contributed by atoms with E-state index in [0.717, 1.165) is 16.7 Å². The van der Waals surface area contributed by atoms with Gasteiger partial charge in [0.1, 0.15) is 22.9 Å². The Morgan fingerprint density at radius 3 is 2.00 bits per heavy atom. The number of rotatable bonds is 10. The topological polar surface area (TPSA) is 80.3 Å². The van der Waals surface area contributed by atoms with E-state index in [1.165, 1.54) is 24.8 Å². The van der Waals surface area contributed by atoms with Crippen molar-refractivity contribution in [3.05, 3.63) is 99.5 Å². The number of hydrogen-bond donors (Lipinski definition) is 0. The number of benzene rings is 3. The zero-order valence-electron chi connectivity index (χ0n) is 34.7. The van der Waals surface area contributed by atoms with Gasteiger partial charge in [0.25, 0.3) is 0 Å². The predicted molar refractivity (Wildman–Crippen MR) is 220 cm³/mol. The van der Waals surface area contributed by atoms with Gasteiger partial charge in [0, 0.05) is 49.9 Å². The first kappa shape index (κ1) is 42.9. The smallest absolute Gasteiger partial charge is 0.417 e. The molecular weight excluding hydrogens is 771 g/mol. The summed E-state index contributed by atoms with van der Waals surface area (Å²) in [7, 11) is 3.14. The Morgan fingerprint density at radius 1 is 0.914 bits per heavy atom. The van der Waals surface area contributed by atoms with Crippen molar-refractivity contribution in [1.29, 1.82) is 0 Å². The molecule has 2 aliphatic rings. The summed E-state index contributed by atoms with van der Waals surface area (Å²) in [5.41, 5.74) is 1.29. The molecule has 0 spiro atoms. The van der Waals surface area contributed by atoms with Gasteiger partial charge in [-0.15, -0.1) is 0 Å².